The molecule has 0 heterocycles. The molecule has 0 spiro atoms. The van der Waals surface area contributed by atoms with Crippen molar-refractivity contribution in [1.29, 1.82) is 0 Å². The summed E-state index contributed by atoms with van der Waals surface area (Å²) in [6.07, 6.45) is 3.28. The fourth-order valence-electron chi connectivity index (χ4n) is 1.85. The van der Waals surface area contributed by atoms with Gasteiger partial charge in [0, 0.05) is 18.5 Å². The summed E-state index contributed by atoms with van der Waals surface area (Å²) in [7, 11) is -3.49. The molecule has 0 aromatic heterocycles. The molecule has 1 aromatic carbocycles. The van der Waals surface area contributed by atoms with E-state index in [0.717, 1.165) is 19.3 Å². The summed E-state index contributed by atoms with van der Waals surface area (Å²) < 4.78 is 27.2. The van der Waals surface area contributed by atoms with Crippen LogP contribution >= 0.6 is 0 Å². The van der Waals surface area contributed by atoms with E-state index in [1.165, 1.54) is 0 Å². The summed E-state index contributed by atoms with van der Waals surface area (Å²) in [5.74, 6) is 5.65. The zero-order valence-electron chi connectivity index (χ0n) is 12.6. The first-order chi connectivity index (χ1) is 10.0. The average Bonchev–Trinajstić information content (AvgIpc) is 2.45. The smallest absolute Gasteiger partial charge is 0.240 e. The Morgan fingerprint density at radius 3 is 2.71 bits per heavy atom. The van der Waals surface area contributed by atoms with E-state index in [0.29, 0.717) is 24.1 Å². The van der Waals surface area contributed by atoms with Crippen LogP contribution < -0.4 is 4.72 Å². The largest absolute Gasteiger partial charge is 0.395 e. The Morgan fingerprint density at radius 2 is 2.05 bits per heavy atom. The van der Waals surface area contributed by atoms with Crippen molar-refractivity contribution in [1.82, 2.24) is 4.72 Å². The average molecular weight is 309 g/mol. The summed E-state index contributed by atoms with van der Waals surface area (Å²) >= 11 is 0. The molecule has 0 unspecified atom stereocenters. The van der Waals surface area contributed by atoms with Gasteiger partial charge in [0.05, 0.1) is 11.5 Å². The fourth-order valence-corrected chi connectivity index (χ4v) is 3.19. The first-order valence-electron chi connectivity index (χ1n) is 7.21. The van der Waals surface area contributed by atoms with Crippen molar-refractivity contribution in [2.75, 3.05) is 13.2 Å². The van der Waals surface area contributed by atoms with E-state index in [9.17, 15) is 8.42 Å². The zero-order valence-corrected chi connectivity index (χ0v) is 13.5. The van der Waals surface area contributed by atoms with Crippen LogP contribution in [0.25, 0.3) is 0 Å². The number of benzene rings is 1. The zero-order chi connectivity index (χ0) is 15.7. The maximum Gasteiger partial charge on any atom is 0.240 e. The van der Waals surface area contributed by atoms with Gasteiger partial charge in [-0.15, -0.1) is 0 Å². The minimum Gasteiger partial charge on any atom is -0.395 e. The van der Waals surface area contributed by atoms with E-state index in [1.807, 2.05) is 0 Å². The molecule has 0 atom stereocenters. The maximum atomic E-state index is 12.3. The molecule has 0 aliphatic carbocycles. The molecular formula is C16H23NO3S. The van der Waals surface area contributed by atoms with Crippen molar-refractivity contribution in [3.8, 4) is 11.8 Å². The molecule has 1 rings (SSSR count). The van der Waals surface area contributed by atoms with Gasteiger partial charge in [0.1, 0.15) is 0 Å². The predicted octanol–water partition coefficient (Wildman–Crippen LogP) is 2.20. The quantitative estimate of drug-likeness (QED) is 0.599. The SMILES string of the molecule is CCCCCNS(=O)(=O)c1cc(C#CCCO)ccc1C. The Bertz CT molecular complexity index is 612. The van der Waals surface area contributed by atoms with Gasteiger partial charge in [0.15, 0.2) is 0 Å². The third-order valence-electron chi connectivity index (χ3n) is 3.02. The van der Waals surface area contributed by atoms with Crippen molar-refractivity contribution in [3.05, 3.63) is 29.3 Å². The third-order valence-corrected chi connectivity index (χ3v) is 4.62. The summed E-state index contributed by atoms with van der Waals surface area (Å²) in [4.78, 5) is 0.273. The van der Waals surface area contributed by atoms with Gasteiger partial charge in [-0.2, -0.15) is 0 Å². The molecule has 21 heavy (non-hydrogen) atoms. The van der Waals surface area contributed by atoms with E-state index >= 15 is 0 Å². The second-order valence-corrected chi connectivity index (χ2v) is 6.60. The number of aryl methyl sites for hydroxylation is 1. The van der Waals surface area contributed by atoms with Gasteiger partial charge in [0.25, 0.3) is 0 Å². The van der Waals surface area contributed by atoms with E-state index in [-0.39, 0.29) is 11.5 Å². The highest BCUT2D eigenvalue weighted by molar-refractivity contribution is 7.89. The normalized spacial score (nSPS) is 11.0. The van der Waals surface area contributed by atoms with Gasteiger partial charge < -0.3 is 5.11 Å². The lowest BCUT2D eigenvalue weighted by molar-refractivity contribution is 0.305. The molecule has 0 bridgehead atoms. The Morgan fingerprint density at radius 1 is 1.29 bits per heavy atom. The molecule has 0 saturated heterocycles. The van der Waals surface area contributed by atoms with Gasteiger partial charge in [-0.1, -0.05) is 37.7 Å². The molecule has 1 aromatic rings. The lowest BCUT2D eigenvalue weighted by Crippen LogP contribution is -2.25. The Kier molecular flexibility index (Phi) is 7.44. The molecule has 0 aliphatic heterocycles. The number of hydrogen-bond acceptors (Lipinski definition) is 3. The summed E-state index contributed by atoms with van der Waals surface area (Å²) in [5, 5.41) is 8.70. The summed E-state index contributed by atoms with van der Waals surface area (Å²) in [5.41, 5.74) is 1.34. The monoisotopic (exact) mass is 309 g/mol. The molecular weight excluding hydrogens is 286 g/mol. The number of aliphatic hydroxyl groups excluding tert-OH is 1. The Hall–Kier alpha value is -1.35. The molecule has 0 amide bonds. The van der Waals surface area contributed by atoms with Crippen molar-refractivity contribution < 1.29 is 13.5 Å². The lowest BCUT2D eigenvalue weighted by Gasteiger charge is -2.09. The van der Waals surface area contributed by atoms with Crippen molar-refractivity contribution in [2.45, 2.75) is 44.4 Å². The first kappa shape index (κ1) is 17.7. The second kappa shape index (κ2) is 8.83. The van der Waals surface area contributed by atoms with E-state index in [2.05, 4.69) is 23.5 Å². The number of rotatable bonds is 7. The standard InChI is InChI=1S/C16H23NO3S/c1-3-4-6-11-17-21(19,20)16-13-15(8-5-7-12-18)10-9-14(16)2/h9-10,13,17-18H,3-4,6-7,11-12H2,1-2H3. The van der Waals surface area contributed by atoms with Gasteiger partial charge in [0.2, 0.25) is 10.0 Å². The van der Waals surface area contributed by atoms with Crippen LogP contribution in [0.5, 0.6) is 0 Å². The highest BCUT2D eigenvalue weighted by atomic mass is 32.2. The number of unbranched alkanes of at least 4 members (excludes halogenated alkanes) is 2. The van der Waals surface area contributed by atoms with Crippen LogP contribution in [0.4, 0.5) is 0 Å². The van der Waals surface area contributed by atoms with Crippen LogP contribution in [0, 0.1) is 18.8 Å². The van der Waals surface area contributed by atoms with E-state index in [4.69, 9.17) is 5.11 Å². The minimum absolute atomic E-state index is 0.00298. The van der Waals surface area contributed by atoms with Crippen LogP contribution in [0.3, 0.4) is 0 Å². The molecule has 116 valence electrons. The molecule has 2 N–H and O–H groups in total. The topological polar surface area (TPSA) is 66.4 Å². The number of aliphatic hydroxyl groups is 1. The number of nitrogens with one attached hydrogen (secondary N) is 1. The lowest BCUT2D eigenvalue weighted by atomic mass is 10.1. The molecule has 0 radical (unpaired) electrons. The van der Waals surface area contributed by atoms with Gasteiger partial charge >= 0.3 is 0 Å². The number of hydrogen-bond donors (Lipinski definition) is 2. The molecule has 4 nitrogen and oxygen atoms in total. The molecule has 0 fully saturated rings. The molecule has 0 aliphatic rings. The Labute approximate surface area is 127 Å². The van der Waals surface area contributed by atoms with Crippen LogP contribution in [-0.2, 0) is 10.0 Å². The van der Waals surface area contributed by atoms with E-state index in [1.54, 1.807) is 25.1 Å². The predicted molar refractivity (Wildman–Crippen MR) is 84.5 cm³/mol. The first-order valence-corrected chi connectivity index (χ1v) is 8.69. The molecule has 5 heteroatoms. The maximum absolute atomic E-state index is 12.3. The summed E-state index contributed by atoms with van der Waals surface area (Å²) in [6.45, 7) is 4.30. The van der Waals surface area contributed by atoms with Gasteiger partial charge in [-0.05, 0) is 31.0 Å². The minimum atomic E-state index is -3.49. The van der Waals surface area contributed by atoms with Crippen molar-refractivity contribution in [2.24, 2.45) is 0 Å². The Balaban J connectivity index is 2.90. The van der Waals surface area contributed by atoms with Gasteiger partial charge in [-0.3, -0.25) is 0 Å². The van der Waals surface area contributed by atoms with Gasteiger partial charge in [-0.25, -0.2) is 13.1 Å². The van der Waals surface area contributed by atoms with Crippen LogP contribution in [-0.4, -0.2) is 26.7 Å². The van der Waals surface area contributed by atoms with Crippen LogP contribution in [0.2, 0.25) is 0 Å². The van der Waals surface area contributed by atoms with Crippen molar-refractivity contribution in [3.63, 3.8) is 0 Å². The third kappa shape index (κ3) is 5.88. The van der Waals surface area contributed by atoms with Crippen molar-refractivity contribution >= 4 is 10.0 Å². The van der Waals surface area contributed by atoms with Crippen LogP contribution in [0.1, 0.15) is 43.7 Å². The highest BCUT2D eigenvalue weighted by Crippen LogP contribution is 2.16. The second-order valence-electron chi connectivity index (χ2n) is 4.86. The van der Waals surface area contributed by atoms with E-state index < -0.39 is 10.0 Å². The summed E-state index contributed by atoms with van der Waals surface area (Å²) in [6, 6.07) is 5.13. The number of sulfonamides is 1. The van der Waals surface area contributed by atoms with Crippen LogP contribution in [0.15, 0.2) is 23.1 Å². The fraction of sp³-hybridized carbons (Fsp3) is 0.500. The highest BCUT2D eigenvalue weighted by Gasteiger charge is 2.16. The molecule has 0 saturated carbocycles.